The molecule has 0 saturated carbocycles. The van der Waals surface area contributed by atoms with E-state index in [1.165, 1.54) is 4.31 Å². The van der Waals surface area contributed by atoms with Gasteiger partial charge in [0, 0.05) is 44.8 Å². The van der Waals surface area contributed by atoms with Gasteiger partial charge in [0.2, 0.25) is 10.0 Å². The second-order valence-corrected chi connectivity index (χ2v) is 8.92. The Morgan fingerprint density at radius 3 is 2.38 bits per heavy atom. The van der Waals surface area contributed by atoms with E-state index in [0.717, 1.165) is 24.8 Å². The molecule has 1 aromatic carbocycles. The molecule has 146 valence electrons. The molecule has 6 nitrogen and oxygen atoms in total. The number of piperazine rings is 1. The number of hydrogen-bond acceptors (Lipinski definition) is 4. The summed E-state index contributed by atoms with van der Waals surface area (Å²) in [5, 5.41) is 3.16. The van der Waals surface area contributed by atoms with Crippen molar-refractivity contribution in [3.05, 3.63) is 35.4 Å². The summed E-state index contributed by atoms with van der Waals surface area (Å²) in [4.78, 5) is 14.5. The fourth-order valence-corrected chi connectivity index (χ4v) is 4.47. The molecule has 1 amide bonds. The molecule has 2 rings (SSSR count). The summed E-state index contributed by atoms with van der Waals surface area (Å²) in [5.41, 5.74) is 1.71. The van der Waals surface area contributed by atoms with Crippen LogP contribution in [0.4, 0.5) is 0 Å². The van der Waals surface area contributed by atoms with Crippen LogP contribution in [0.2, 0.25) is 0 Å². The topological polar surface area (TPSA) is 69.7 Å². The zero-order valence-electron chi connectivity index (χ0n) is 15.9. The number of unbranched alkanes of at least 4 members (excludes halogenated alkanes) is 2. The van der Waals surface area contributed by atoms with Crippen LogP contribution in [0.25, 0.3) is 0 Å². The number of benzene rings is 1. The molecule has 0 radical (unpaired) electrons. The summed E-state index contributed by atoms with van der Waals surface area (Å²) in [6, 6.07) is 7.45. The number of amides is 1. The molecule has 7 heteroatoms. The highest BCUT2D eigenvalue weighted by Gasteiger charge is 2.25. The average molecular weight is 382 g/mol. The first-order chi connectivity index (χ1) is 12.4. The SMILES string of the molecule is CCCCCN(CCS(=O)(=O)N1CCNCC1)C(=O)c1ccc(C)cc1. The molecule has 0 aromatic heterocycles. The molecule has 1 N–H and O–H groups in total. The van der Waals surface area contributed by atoms with Gasteiger partial charge in [-0.05, 0) is 25.5 Å². The van der Waals surface area contributed by atoms with Crippen molar-refractivity contribution in [2.75, 3.05) is 45.0 Å². The number of carbonyl (C=O) groups excluding carboxylic acids is 1. The second kappa shape index (κ2) is 10.0. The Bertz CT molecular complexity index is 668. The van der Waals surface area contributed by atoms with Gasteiger partial charge in [0.15, 0.2) is 0 Å². The largest absolute Gasteiger partial charge is 0.338 e. The van der Waals surface area contributed by atoms with Crippen LogP contribution in [0.3, 0.4) is 0 Å². The van der Waals surface area contributed by atoms with Crippen LogP contribution >= 0.6 is 0 Å². The minimum Gasteiger partial charge on any atom is -0.338 e. The standard InChI is InChI=1S/C19H31N3O3S/c1-3-4-5-12-21(19(23)18-8-6-17(2)7-9-18)15-16-26(24,25)22-13-10-20-11-14-22/h6-9,20H,3-5,10-16H2,1-2H3. The molecule has 1 aromatic rings. The lowest BCUT2D eigenvalue weighted by Gasteiger charge is -2.28. The Kier molecular flexibility index (Phi) is 8.06. The Morgan fingerprint density at radius 1 is 1.12 bits per heavy atom. The quantitative estimate of drug-likeness (QED) is 0.663. The first-order valence-electron chi connectivity index (χ1n) is 9.48. The van der Waals surface area contributed by atoms with Crippen LogP contribution in [0.15, 0.2) is 24.3 Å². The summed E-state index contributed by atoms with van der Waals surface area (Å²) in [6.45, 7) is 7.30. The molecular weight excluding hydrogens is 350 g/mol. The number of nitrogens with zero attached hydrogens (tertiary/aromatic N) is 2. The van der Waals surface area contributed by atoms with E-state index in [1.807, 2.05) is 31.2 Å². The van der Waals surface area contributed by atoms with E-state index in [9.17, 15) is 13.2 Å². The minimum atomic E-state index is -3.33. The first-order valence-corrected chi connectivity index (χ1v) is 11.1. The van der Waals surface area contributed by atoms with Gasteiger partial charge >= 0.3 is 0 Å². The molecule has 0 aliphatic carbocycles. The lowest BCUT2D eigenvalue weighted by Crippen LogP contribution is -2.48. The molecule has 1 aliphatic rings. The van der Waals surface area contributed by atoms with Crippen LogP contribution in [0.1, 0.15) is 42.1 Å². The Labute approximate surface area is 157 Å². The third-order valence-corrected chi connectivity index (χ3v) is 6.56. The van der Waals surface area contributed by atoms with Gasteiger partial charge in [-0.1, -0.05) is 37.5 Å². The molecule has 1 heterocycles. The lowest BCUT2D eigenvalue weighted by molar-refractivity contribution is 0.0762. The predicted octanol–water partition coefficient (Wildman–Crippen LogP) is 1.86. The predicted molar refractivity (Wildman–Crippen MR) is 105 cm³/mol. The van der Waals surface area contributed by atoms with Crippen molar-refractivity contribution in [3.63, 3.8) is 0 Å². The van der Waals surface area contributed by atoms with Gasteiger partial charge in [-0.2, -0.15) is 4.31 Å². The van der Waals surface area contributed by atoms with E-state index in [-0.39, 0.29) is 18.2 Å². The van der Waals surface area contributed by atoms with Crippen LogP contribution in [-0.2, 0) is 10.0 Å². The van der Waals surface area contributed by atoms with Gasteiger partial charge in [0.05, 0.1) is 5.75 Å². The summed E-state index contributed by atoms with van der Waals surface area (Å²) in [5.74, 6) is -0.104. The molecular formula is C19H31N3O3S. The van der Waals surface area contributed by atoms with Crippen LogP contribution in [0, 0.1) is 6.92 Å². The molecule has 1 aliphatic heterocycles. The van der Waals surface area contributed by atoms with E-state index in [2.05, 4.69) is 12.2 Å². The fourth-order valence-electron chi connectivity index (χ4n) is 3.02. The van der Waals surface area contributed by atoms with E-state index < -0.39 is 10.0 Å². The summed E-state index contributed by atoms with van der Waals surface area (Å²) in [6.07, 6.45) is 2.98. The van der Waals surface area contributed by atoms with Crippen molar-refractivity contribution >= 4 is 15.9 Å². The van der Waals surface area contributed by atoms with Crippen molar-refractivity contribution in [2.24, 2.45) is 0 Å². The molecule has 1 saturated heterocycles. The Balaban J connectivity index is 2.03. The van der Waals surface area contributed by atoms with Gasteiger partial charge in [0.1, 0.15) is 0 Å². The molecule has 1 fully saturated rings. The van der Waals surface area contributed by atoms with Gasteiger partial charge < -0.3 is 10.2 Å². The maximum atomic E-state index is 12.9. The van der Waals surface area contributed by atoms with Crippen molar-refractivity contribution < 1.29 is 13.2 Å². The van der Waals surface area contributed by atoms with E-state index >= 15 is 0 Å². The van der Waals surface area contributed by atoms with Crippen molar-refractivity contribution in [1.29, 1.82) is 0 Å². The van der Waals surface area contributed by atoms with E-state index in [1.54, 1.807) is 4.90 Å². The molecule has 0 unspecified atom stereocenters. The highest BCUT2D eigenvalue weighted by molar-refractivity contribution is 7.89. The van der Waals surface area contributed by atoms with Crippen LogP contribution in [-0.4, -0.2) is 68.6 Å². The highest BCUT2D eigenvalue weighted by atomic mass is 32.2. The van der Waals surface area contributed by atoms with E-state index in [4.69, 9.17) is 0 Å². The van der Waals surface area contributed by atoms with Crippen molar-refractivity contribution in [2.45, 2.75) is 33.1 Å². The molecule has 0 atom stereocenters. The summed E-state index contributed by atoms with van der Waals surface area (Å²) < 4.78 is 26.7. The molecule has 0 bridgehead atoms. The second-order valence-electron chi connectivity index (χ2n) is 6.83. The Morgan fingerprint density at radius 2 is 1.77 bits per heavy atom. The zero-order valence-corrected chi connectivity index (χ0v) is 16.7. The lowest BCUT2D eigenvalue weighted by atomic mass is 10.1. The van der Waals surface area contributed by atoms with Gasteiger partial charge in [-0.25, -0.2) is 8.42 Å². The number of rotatable bonds is 9. The average Bonchev–Trinajstić information content (AvgIpc) is 2.65. The Hall–Kier alpha value is -1.44. The number of hydrogen-bond donors (Lipinski definition) is 1. The van der Waals surface area contributed by atoms with Gasteiger partial charge in [-0.3, -0.25) is 4.79 Å². The minimum absolute atomic E-state index is 0.0171. The van der Waals surface area contributed by atoms with Crippen molar-refractivity contribution in [1.82, 2.24) is 14.5 Å². The zero-order chi connectivity index (χ0) is 19.0. The molecule has 0 spiro atoms. The smallest absolute Gasteiger partial charge is 0.253 e. The number of carbonyl (C=O) groups is 1. The normalized spacial score (nSPS) is 15.8. The molecule has 26 heavy (non-hydrogen) atoms. The monoisotopic (exact) mass is 381 g/mol. The van der Waals surface area contributed by atoms with Crippen molar-refractivity contribution in [3.8, 4) is 0 Å². The summed E-state index contributed by atoms with van der Waals surface area (Å²) in [7, 11) is -3.33. The maximum absolute atomic E-state index is 12.9. The van der Waals surface area contributed by atoms with E-state index in [0.29, 0.717) is 38.3 Å². The third-order valence-electron chi connectivity index (χ3n) is 4.71. The first kappa shape index (κ1) is 20.9. The summed E-state index contributed by atoms with van der Waals surface area (Å²) >= 11 is 0. The van der Waals surface area contributed by atoms with Gasteiger partial charge in [0.25, 0.3) is 5.91 Å². The van der Waals surface area contributed by atoms with Crippen LogP contribution in [0.5, 0.6) is 0 Å². The van der Waals surface area contributed by atoms with Gasteiger partial charge in [-0.15, -0.1) is 0 Å². The third kappa shape index (κ3) is 6.07. The number of aryl methyl sites for hydroxylation is 1. The maximum Gasteiger partial charge on any atom is 0.253 e. The highest BCUT2D eigenvalue weighted by Crippen LogP contribution is 2.11. The fraction of sp³-hybridized carbons (Fsp3) is 0.632. The number of nitrogens with one attached hydrogen (secondary N) is 1. The number of sulfonamides is 1. The van der Waals surface area contributed by atoms with Crippen LogP contribution < -0.4 is 5.32 Å².